The van der Waals surface area contributed by atoms with Crippen molar-refractivity contribution in [2.24, 2.45) is 0 Å². The normalized spacial score (nSPS) is 15.8. The van der Waals surface area contributed by atoms with E-state index < -0.39 is 4.92 Å². The van der Waals surface area contributed by atoms with Crippen molar-refractivity contribution in [1.29, 1.82) is 0 Å². The van der Waals surface area contributed by atoms with Crippen LogP contribution in [0.2, 0.25) is 0 Å². The summed E-state index contributed by atoms with van der Waals surface area (Å²) in [7, 11) is 0. The van der Waals surface area contributed by atoms with Crippen LogP contribution in [0.1, 0.15) is 0 Å². The van der Waals surface area contributed by atoms with E-state index in [0.29, 0.717) is 12.4 Å². The van der Waals surface area contributed by atoms with Crippen LogP contribution in [0.3, 0.4) is 0 Å². The molecule has 0 aliphatic carbocycles. The number of rotatable bonds is 8. The zero-order chi connectivity index (χ0) is 14.9. The lowest BCUT2D eigenvalue weighted by Crippen LogP contribution is -2.40. The lowest BCUT2D eigenvalue weighted by atomic mass is 10.3. The molecule has 0 aromatic heterocycles. The van der Waals surface area contributed by atoms with E-state index in [1.807, 2.05) is 0 Å². The second-order valence-corrected chi connectivity index (χ2v) is 4.80. The van der Waals surface area contributed by atoms with Gasteiger partial charge in [0.2, 0.25) is 0 Å². The molecule has 1 saturated heterocycles. The van der Waals surface area contributed by atoms with Crippen molar-refractivity contribution in [2.45, 2.75) is 0 Å². The first-order valence-electron chi connectivity index (χ1n) is 7.14. The average Bonchev–Trinajstić information content (AvgIpc) is 2.52. The number of morpholine rings is 1. The Balaban J connectivity index is 1.54. The Morgan fingerprint density at radius 2 is 1.95 bits per heavy atom. The number of non-ortho nitro benzene ring substituents is 1. The maximum Gasteiger partial charge on any atom is 0.269 e. The van der Waals surface area contributed by atoms with Crippen LogP contribution in [-0.2, 0) is 4.74 Å². The van der Waals surface area contributed by atoms with Crippen LogP contribution >= 0.6 is 0 Å². The van der Waals surface area contributed by atoms with E-state index in [2.05, 4.69) is 10.2 Å². The molecule has 0 radical (unpaired) electrons. The maximum absolute atomic E-state index is 10.5. The Bertz CT molecular complexity index is 432. The second-order valence-electron chi connectivity index (χ2n) is 4.80. The summed E-state index contributed by atoms with van der Waals surface area (Å²) in [4.78, 5) is 12.5. The van der Waals surface area contributed by atoms with E-state index in [9.17, 15) is 10.1 Å². The summed E-state index contributed by atoms with van der Waals surface area (Å²) in [5.74, 6) is 0.649. The average molecular weight is 295 g/mol. The summed E-state index contributed by atoms with van der Waals surface area (Å²) in [6.07, 6.45) is 0. The molecule has 0 amide bonds. The van der Waals surface area contributed by atoms with Gasteiger partial charge in [-0.2, -0.15) is 0 Å². The van der Waals surface area contributed by atoms with Gasteiger partial charge < -0.3 is 14.8 Å². The van der Waals surface area contributed by atoms with E-state index >= 15 is 0 Å². The molecule has 116 valence electrons. The molecule has 0 atom stereocenters. The van der Waals surface area contributed by atoms with Crippen molar-refractivity contribution in [1.82, 2.24) is 10.2 Å². The fourth-order valence-electron chi connectivity index (χ4n) is 2.09. The highest BCUT2D eigenvalue weighted by atomic mass is 16.6. The van der Waals surface area contributed by atoms with E-state index in [1.54, 1.807) is 12.1 Å². The van der Waals surface area contributed by atoms with Crippen LogP contribution in [0.15, 0.2) is 24.3 Å². The smallest absolute Gasteiger partial charge is 0.269 e. The van der Waals surface area contributed by atoms with Gasteiger partial charge in [0.15, 0.2) is 0 Å². The number of hydrogen-bond donors (Lipinski definition) is 1. The van der Waals surface area contributed by atoms with Crippen molar-refractivity contribution in [2.75, 3.05) is 52.5 Å². The van der Waals surface area contributed by atoms with E-state index in [0.717, 1.165) is 45.9 Å². The van der Waals surface area contributed by atoms with Gasteiger partial charge in [0.05, 0.1) is 18.1 Å². The molecule has 1 aliphatic rings. The van der Waals surface area contributed by atoms with Crippen LogP contribution in [-0.4, -0.2) is 62.4 Å². The first kappa shape index (κ1) is 15.7. The van der Waals surface area contributed by atoms with Gasteiger partial charge in [-0.05, 0) is 12.1 Å². The van der Waals surface area contributed by atoms with Crippen LogP contribution in [0, 0.1) is 10.1 Å². The molecule has 1 heterocycles. The standard InChI is InChI=1S/C14H21N3O4/c18-17(19)13-1-3-14(4-2-13)21-10-6-15-5-7-16-8-11-20-12-9-16/h1-4,15H,5-12H2. The summed E-state index contributed by atoms with van der Waals surface area (Å²) >= 11 is 0. The zero-order valence-electron chi connectivity index (χ0n) is 12.0. The largest absolute Gasteiger partial charge is 0.492 e. The van der Waals surface area contributed by atoms with Crippen LogP contribution in [0.25, 0.3) is 0 Å². The molecule has 7 heteroatoms. The predicted molar refractivity (Wildman–Crippen MR) is 78.7 cm³/mol. The van der Waals surface area contributed by atoms with Crippen molar-refractivity contribution in [3.8, 4) is 5.75 Å². The Morgan fingerprint density at radius 3 is 2.62 bits per heavy atom. The summed E-state index contributed by atoms with van der Waals surface area (Å²) in [5, 5.41) is 13.8. The molecule has 1 N–H and O–H groups in total. The summed E-state index contributed by atoms with van der Waals surface area (Å²) in [5.41, 5.74) is 0.0750. The van der Waals surface area contributed by atoms with E-state index in [4.69, 9.17) is 9.47 Å². The Labute approximate surface area is 124 Å². The molecule has 1 aliphatic heterocycles. The van der Waals surface area contributed by atoms with Gasteiger partial charge in [0.1, 0.15) is 12.4 Å². The number of hydrogen-bond acceptors (Lipinski definition) is 6. The van der Waals surface area contributed by atoms with Crippen molar-refractivity contribution >= 4 is 5.69 Å². The van der Waals surface area contributed by atoms with Gasteiger partial charge in [-0.3, -0.25) is 15.0 Å². The Morgan fingerprint density at radius 1 is 1.24 bits per heavy atom. The molecule has 2 rings (SSSR count). The number of ether oxygens (including phenoxy) is 2. The molecule has 1 aromatic carbocycles. The predicted octanol–water partition coefficient (Wildman–Crippen LogP) is 0.895. The molecular weight excluding hydrogens is 274 g/mol. The molecule has 1 fully saturated rings. The minimum atomic E-state index is -0.420. The van der Waals surface area contributed by atoms with E-state index in [1.165, 1.54) is 12.1 Å². The third-order valence-electron chi connectivity index (χ3n) is 3.30. The molecule has 0 saturated carbocycles. The number of nitrogens with zero attached hydrogens (tertiary/aromatic N) is 2. The number of nitro benzene ring substituents is 1. The highest BCUT2D eigenvalue weighted by Gasteiger charge is 2.08. The van der Waals surface area contributed by atoms with Gasteiger partial charge >= 0.3 is 0 Å². The molecule has 0 spiro atoms. The van der Waals surface area contributed by atoms with Gasteiger partial charge in [-0.15, -0.1) is 0 Å². The minimum absolute atomic E-state index is 0.0750. The fourth-order valence-corrected chi connectivity index (χ4v) is 2.09. The van der Waals surface area contributed by atoms with Gasteiger partial charge in [0, 0.05) is 44.9 Å². The topological polar surface area (TPSA) is 76.9 Å². The van der Waals surface area contributed by atoms with Crippen molar-refractivity contribution in [3.05, 3.63) is 34.4 Å². The maximum atomic E-state index is 10.5. The monoisotopic (exact) mass is 295 g/mol. The highest BCUT2D eigenvalue weighted by molar-refractivity contribution is 5.35. The Kier molecular flexibility index (Phi) is 6.39. The van der Waals surface area contributed by atoms with E-state index in [-0.39, 0.29) is 5.69 Å². The fraction of sp³-hybridized carbons (Fsp3) is 0.571. The molecule has 0 bridgehead atoms. The van der Waals surface area contributed by atoms with Crippen molar-refractivity contribution < 1.29 is 14.4 Å². The van der Waals surface area contributed by atoms with Crippen LogP contribution in [0.4, 0.5) is 5.69 Å². The highest BCUT2D eigenvalue weighted by Crippen LogP contribution is 2.16. The minimum Gasteiger partial charge on any atom is -0.492 e. The third kappa shape index (κ3) is 5.66. The lowest BCUT2D eigenvalue weighted by molar-refractivity contribution is -0.384. The van der Waals surface area contributed by atoms with Gasteiger partial charge in [0.25, 0.3) is 5.69 Å². The number of benzene rings is 1. The molecular formula is C14H21N3O4. The van der Waals surface area contributed by atoms with Crippen LogP contribution < -0.4 is 10.1 Å². The third-order valence-corrected chi connectivity index (χ3v) is 3.30. The second kappa shape index (κ2) is 8.56. The van der Waals surface area contributed by atoms with Gasteiger partial charge in [-0.25, -0.2) is 0 Å². The number of nitro groups is 1. The lowest BCUT2D eigenvalue weighted by Gasteiger charge is -2.26. The summed E-state index contributed by atoms with van der Waals surface area (Å²) < 4.78 is 10.8. The molecule has 0 unspecified atom stereocenters. The first-order valence-corrected chi connectivity index (χ1v) is 7.14. The molecule has 7 nitrogen and oxygen atoms in total. The molecule has 1 aromatic rings. The first-order chi connectivity index (χ1) is 10.3. The summed E-state index contributed by atoms with van der Waals surface area (Å²) in [6, 6.07) is 6.13. The summed E-state index contributed by atoms with van der Waals surface area (Å²) in [6.45, 7) is 6.88. The zero-order valence-corrected chi connectivity index (χ0v) is 12.0. The molecule has 21 heavy (non-hydrogen) atoms. The Hall–Kier alpha value is -1.70. The SMILES string of the molecule is O=[N+]([O-])c1ccc(OCCNCCN2CCOCC2)cc1. The quantitative estimate of drug-likeness (QED) is 0.436. The number of nitrogens with one attached hydrogen (secondary N) is 1. The van der Waals surface area contributed by atoms with Gasteiger partial charge in [-0.1, -0.05) is 0 Å². The van der Waals surface area contributed by atoms with Crippen LogP contribution in [0.5, 0.6) is 5.75 Å². The van der Waals surface area contributed by atoms with Crippen molar-refractivity contribution in [3.63, 3.8) is 0 Å².